The van der Waals surface area contributed by atoms with Gasteiger partial charge in [0, 0.05) is 18.6 Å². The smallest absolute Gasteiger partial charge is 0.258 e. The van der Waals surface area contributed by atoms with Crippen molar-refractivity contribution in [2.24, 2.45) is 35.3 Å². The Morgan fingerprint density at radius 1 is 0.946 bits per heavy atom. The van der Waals surface area contributed by atoms with Gasteiger partial charge in [0.15, 0.2) is 0 Å². The summed E-state index contributed by atoms with van der Waals surface area (Å²) in [6, 6.07) is 0.674. The van der Waals surface area contributed by atoms with E-state index in [0.717, 1.165) is 50.9 Å². The molecule has 0 spiro atoms. The molecule has 37 heavy (non-hydrogen) atoms. The van der Waals surface area contributed by atoms with Gasteiger partial charge in [0.1, 0.15) is 5.56 Å². The molecule has 1 aromatic heterocycles. The number of nitrogens with two attached hydrogens (primary N) is 1. The molecule has 0 radical (unpaired) electrons. The van der Waals surface area contributed by atoms with Gasteiger partial charge >= 0.3 is 0 Å². The van der Waals surface area contributed by atoms with E-state index in [9.17, 15) is 4.79 Å². The molecule has 4 bridgehead atoms. The topological polar surface area (TPSA) is 85.4 Å². The van der Waals surface area contributed by atoms with Gasteiger partial charge in [-0.2, -0.15) is 5.10 Å². The summed E-state index contributed by atoms with van der Waals surface area (Å²) in [6.45, 7) is 4.45. The van der Waals surface area contributed by atoms with Crippen molar-refractivity contribution >= 4 is 30.7 Å². The van der Waals surface area contributed by atoms with E-state index in [0.29, 0.717) is 47.9 Å². The molecule has 0 unspecified atom stereocenters. The van der Waals surface area contributed by atoms with E-state index >= 15 is 0 Å². The van der Waals surface area contributed by atoms with Gasteiger partial charge in [0.2, 0.25) is 5.88 Å². The second-order valence-electron chi connectivity index (χ2n) is 12.5. The molecule has 2 heterocycles. The van der Waals surface area contributed by atoms with E-state index in [4.69, 9.17) is 10.5 Å². The molecule has 5 aliphatic carbocycles. The van der Waals surface area contributed by atoms with Crippen molar-refractivity contribution in [3.05, 3.63) is 11.8 Å². The van der Waals surface area contributed by atoms with Crippen LogP contribution in [0.5, 0.6) is 5.88 Å². The summed E-state index contributed by atoms with van der Waals surface area (Å²) in [5, 5.41) is 8.15. The number of nitrogens with zero attached hydrogens (tertiary/aromatic N) is 3. The van der Waals surface area contributed by atoms with Crippen molar-refractivity contribution in [3.63, 3.8) is 0 Å². The highest BCUT2D eigenvalue weighted by atomic mass is 35.5. The molecule has 7 nitrogen and oxygen atoms in total. The van der Waals surface area contributed by atoms with Gasteiger partial charge in [-0.05, 0) is 100 Å². The summed E-state index contributed by atoms with van der Waals surface area (Å²) in [4.78, 5) is 16.1. The van der Waals surface area contributed by atoms with Crippen LogP contribution in [0.25, 0.3) is 0 Å². The molecule has 1 amide bonds. The number of hydrogen-bond acceptors (Lipinski definition) is 5. The number of carbonyl (C=O) groups excluding carboxylic acids is 1. The first-order valence-corrected chi connectivity index (χ1v) is 14.6. The molecule has 1 aromatic rings. The van der Waals surface area contributed by atoms with Crippen molar-refractivity contribution in [3.8, 4) is 5.88 Å². The minimum Gasteiger partial charge on any atom is -0.477 e. The Labute approximate surface area is 234 Å². The molecule has 5 saturated carbocycles. The van der Waals surface area contributed by atoms with E-state index in [2.05, 4.69) is 15.3 Å². The summed E-state index contributed by atoms with van der Waals surface area (Å²) < 4.78 is 8.38. The summed E-state index contributed by atoms with van der Waals surface area (Å²) in [5.41, 5.74) is 6.72. The largest absolute Gasteiger partial charge is 0.477 e. The normalized spacial score (nSPS) is 32.0. The molecule has 9 heteroatoms. The molecule has 0 atom stereocenters. The number of ether oxygens (including phenoxy) is 1. The van der Waals surface area contributed by atoms with Gasteiger partial charge in [0.25, 0.3) is 5.91 Å². The highest BCUT2D eigenvalue weighted by Crippen LogP contribution is 2.53. The van der Waals surface area contributed by atoms with Gasteiger partial charge in [-0.25, -0.2) is 4.68 Å². The molecule has 1 aliphatic heterocycles. The number of aromatic nitrogens is 2. The lowest BCUT2D eigenvalue weighted by molar-refractivity contribution is -0.0120. The van der Waals surface area contributed by atoms with Gasteiger partial charge in [-0.15, -0.1) is 24.8 Å². The van der Waals surface area contributed by atoms with Crippen LogP contribution in [0.3, 0.4) is 0 Å². The number of rotatable bonds is 8. The zero-order chi connectivity index (χ0) is 23.8. The maximum atomic E-state index is 13.6. The van der Waals surface area contributed by atoms with Crippen LogP contribution in [0, 0.1) is 29.6 Å². The lowest BCUT2D eigenvalue weighted by atomic mass is 9.54. The van der Waals surface area contributed by atoms with Crippen molar-refractivity contribution < 1.29 is 9.53 Å². The predicted octanol–water partition coefficient (Wildman–Crippen LogP) is 4.66. The third-order valence-electron chi connectivity index (χ3n) is 10.0. The van der Waals surface area contributed by atoms with Crippen molar-refractivity contribution in [1.29, 1.82) is 0 Å². The number of halogens is 2. The van der Waals surface area contributed by atoms with E-state index in [1.807, 2.05) is 4.68 Å². The minimum atomic E-state index is 0. The summed E-state index contributed by atoms with van der Waals surface area (Å²) in [5.74, 6) is 4.46. The van der Waals surface area contributed by atoms with Gasteiger partial charge in [-0.3, -0.25) is 4.79 Å². The SMILES string of the molecule is Cl.Cl.NC1CCN(CCn2ncc(C(=O)NC3C4CC5CC(C4)CC3C5)c2OCC2CCCCC2)CC1. The first-order chi connectivity index (χ1) is 17.1. The summed E-state index contributed by atoms with van der Waals surface area (Å²) >= 11 is 0. The number of hydrogen-bond donors (Lipinski definition) is 2. The fourth-order valence-electron chi connectivity index (χ4n) is 8.19. The second kappa shape index (κ2) is 12.9. The first-order valence-electron chi connectivity index (χ1n) is 14.6. The maximum Gasteiger partial charge on any atom is 0.258 e. The lowest BCUT2D eigenvalue weighted by Crippen LogP contribution is -2.55. The van der Waals surface area contributed by atoms with Crippen LogP contribution in [-0.2, 0) is 6.54 Å². The first kappa shape index (κ1) is 29.0. The highest BCUT2D eigenvalue weighted by molar-refractivity contribution is 5.96. The van der Waals surface area contributed by atoms with E-state index < -0.39 is 0 Å². The molecule has 6 aliphatic rings. The molecular weight excluding hydrogens is 509 g/mol. The third kappa shape index (κ3) is 6.59. The standard InChI is InChI=1S/C28H45N5O2.2ClH/c29-24-6-8-32(9-7-24)10-11-33-28(35-18-19-4-2-1-3-5-19)25(17-30-33)27(34)31-26-22-13-20-12-21(15-22)16-23(26)14-20;;/h17,19-24,26H,1-16,18,29H2,(H,31,34);2*1H. The van der Waals surface area contributed by atoms with Crippen LogP contribution in [0.2, 0.25) is 0 Å². The second-order valence-corrected chi connectivity index (χ2v) is 12.5. The highest BCUT2D eigenvalue weighted by Gasteiger charge is 2.48. The fraction of sp³-hybridized carbons (Fsp3) is 0.857. The quantitative estimate of drug-likeness (QED) is 0.487. The monoisotopic (exact) mass is 555 g/mol. The van der Waals surface area contributed by atoms with Crippen molar-refractivity contribution in [1.82, 2.24) is 20.0 Å². The number of piperidine rings is 1. The van der Waals surface area contributed by atoms with E-state index in [1.54, 1.807) is 6.20 Å². The Balaban J connectivity index is 0.00000160. The van der Waals surface area contributed by atoms with Crippen LogP contribution < -0.4 is 15.8 Å². The molecule has 6 fully saturated rings. The maximum absolute atomic E-state index is 13.6. The molecule has 210 valence electrons. The van der Waals surface area contributed by atoms with Crippen LogP contribution in [0.15, 0.2) is 6.20 Å². The molecule has 0 aromatic carbocycles. The fourth-order valence-corrected chi connectivity index (χ4v) is 8.19. The Hall–Kier alpha value is -1.02. The minimum absolute atomic E-state index is 0. The molecule has 3 N–H and O–H groups in total. The van der Waals surface area contributed by atoms with Gasteiger partial charge < -0.3 is 20.7 Å². The van der Waals surface area contributed by atoms with Crippen molar-refractivity contribution in [2.45, 2.75) is 95.7 Å². The molecule has 7 rings (SSSR count). The number of carbonyl (C=O) groups is 1. The summed E-state index contributed by atoms with van der Waals surface area (Å²) in [7, 11) is 0. The molecular formula is C28H47Cl2N5O2. The van der Waals surface area contributed by atoms with Crippen molar-refractivity contribution in [2.75, 3.05) is 26.2 Å². The zero-order valence-corrected chi connectivity index (χ0v) is 23.8. The zero-order valence-electron chi connectivity index (χ0n) is 22.2. The average molecular weight is 557 g/mol. The van der Waals surface area contributed by atoms with Gasteiger partial charge in [0.05, 0.1) is 19.3 Å². The lowest BCUT2D eigenvalue weighted by Gasteiger charge is -2.54. The van der Waals surface area contributed by atoms with Crippen LogP contribution in [0.4, 0.5) is 0 Å². The predicted molar refractivity (Wildman–Crippen MR) is 151 cm³/mol. The Morgan fingerprint density at radius 2 is 1.59 bits per heavy atom. The van der Waals surface area contributed by atoms with E-state index in [-0.39, 0.29) is 30.7 Å². The number of amides is 1. The number of likely N-dealkylation sites (tertiary alicyclic amines) is 1. The van der Waals surface area contributed by atoms with Crippen LogP contribution in [-0.4, -0.2) is 58.9 Å². The van der Waals surface area contributed by atoms with Crippen LogP contribution in [0.1, 0.15) is 87.4 Å². The van der Waals surface area contributed by atoms with Gasteiger partial charge in [-0.1, -0.05) is 19.3 Å². The Morgan fingerprint density at radius 3 is 2.24 bits per heavy atom. The Kier molecular flexibility index (Phi) is 10.1. The third-order valence-corrected chi connectivity index (χ3v) is 10.0. The average Bonchev–Trinajstić information content (AvgIpc) is 3.27. The molecule has 1 saturated heterocycles. The van der Waals surface area contributed by atoms with Crippen LogP contribution >= 0.6 is 24.8 Å². The summed E-state index contributed by atoms with van der Waals surface area (Å²) in [6.07, 6.45) is 16.9. The Bertz CT molecular complexity index is 854. The van der Waals surface area contributed by atoms with E-state index in [1.165, 1.54) is 64.2 Å². The number of nitrogens with one attached hydrogen (secondary N) is 1.